The summed E-state index contributed by atoms with van der Waals surface area (Å²) in [6.07, 6.45) is 2.62. The molecule has 1 aromatic carbocycles. The van der Waals surface area contributed by atoms with Gasteiger partial charge in [-0.05, 0) is 48.6 Å². The third kappa shape index (κ3) is 3.82. The summed E-state index contributed by atoms with van der Waals surface area (Å²) in [7, 11) is 0. The predicted molar refractivity (Wildman–Crippen MR) is 86.8 cm³/mol. The van der Waals surface area contributed by atoms with Gasteiger partial charge in [0.05, 0.1) is 11.9 Å². The number of ether oxygens (including phenoxy) is 1. The zero-order valence-electron chi connectivity index (χ0n) is 13.3. The van der Waals surface area contributed by atoms with E-state index in [0.29, 0.717) is 5.92 Å². The summed E-state index contributed by atoms with van der Waals surface area (Å²) in [6, 6.07) is 10.2. The van der Waals surface area contributed by atoms with Gasteiger partial charge in [0.1, 0.15) is 11.5 Å². The van der Waals surface area contributed by atoms with Crippen LogP contribution in [0.1, 0.15) is 56.0 Å². The second kappa shape index (κ2) is 6.72. The average Bonchev–Trinajstić information content (AvgIpc) is 2.47. The van der Waals surface area contributed by atoms with Gasteiger partial charge in [-0.25, -0.2) is 0 Å². The van der Waals surface area contributed by atoms with Crippen LogP contribution in [0.2, 0.25) is 0 Å². The number of benzene rings is 1. The normalized spacial score (nSPS) is 12.5. The monoisotopic (exact) mass is 284 g/mol. The molecule has 1 aromatic heterocycles. The second-order valence-electron chi connectivity index (χ2n) is 5.73. The van der Waals surface area contributed by atoms with Crippen molar-refractivity contribution in [3.8, 4) is 11.5 Å². The molecule has 3 heteroatoms. The Hall–Kier alpha value is -1.87. The van der Waals surface area contributed by atoms with Crippen molar-refractivity contribution in [3.05, 3.63) is 53.3 Å². The Bertz CT molecular complexity index is 591. The lowest BCUT2D eigenvalue weighted by Gasteiger charge is -2.15. The first kappa shape index (κ1) is 15.5. The van der Waals surface area contributed by atoms with E-state index in [-0.39, 0.29) is 6.04 Å². The molecule has 2 N–H and O–H groups in total. The summed E-state index contributed by atoms with van der Waals surface area (Å²) < 4.78 is 6.02. The average molecular weight is 284 g/mol. The molecule has 2 aromatic rings. The predicted octanol–water partition coefficient (Wildman–Crippen LogP) is 4.72. The molecule has 3 nitrogen and oxygen atoms in total. The molecule has 1 unspecified atom stereocenters. The minimum Gasteiger partial charge on any atom is -0.455 e. The Morgan fingerprint density at radius 1 is 1.19 bits per heavy atom. The summed E-state index contributed by atoms with van der Waals surface area (Å²) in [5.74, 6) is 2.07. The molecule has 0 radical (unpaired) electrons. The van der Waals surface area contributed by atoms with Crippen LogP contribution in [0.5, 0.6) is 11.5 Å². The van der Waals surface area contributed by atoms with Crippen molar-refractivity contribution in [3.63, 3.8) is 0 Å². The quantitative estimate of drug-likeness (QED) is 0.864. The van der Waals surface area contributed by atoms with Gasteiger partial charge < -0.3 is 10.5 Å². The minimum atomic E-state index is -0.00996. The Balaban J connectivity index is 2.24. The van der Waals surface area contributed by atoms with Gasteiger partial charge >= 0.3 is 0 Å². The minimum absolute atomic E-state index is 0.00996. The Kier molecular flexibility index (Phi) is 4.97. The van der Waals surface area contributed by atoms with Crippen LogP contribution in [0.3, 0.4) is 0 Å². The topological polar surface area (TPSA) is 48.1 Å². The summed E-state index contributed by atoms with van der Waals surface area (Å²) >= 11 is 0. The van der Waals surface area contributed by atoms with E-state index >= 15 is 0 Å². The summed E-state index contributed by atoms with van der Waals surface area (Å²) in [5.41, 5.74) is 9.27. The van der Waals surface area contributed by atoms with Gasteiger partial charge in [0.15, 0.2) is 0 Å². The molecule has 0 amide bonds. The first-order valence-electron chi connectivity index (χ1n) is 7.51. The van der Waals surface area contributed by atoms with Crippen LogP contribution in [-0.4, -0.2) is 4.98 Å². The highest BCUT2D eigenvalue weighted by Crippen LogP contribution is 2.31. The van der Waals surface area contributed by atoms with Crippen molar-refractivity contribution in [2.75, 3.05) is 0 Å². The van der Waals surface area contributed by atoms with Crippen LogP contribution in [0.25, 0.3) is 0 Å². The van der Waals surface area contributed by atoms with E-state index in [2.05, 4.69) is 50.9 Å². The van der Waals surface area contributed by atoms with E-state index < -0.39 is 0 Å². The van der Waals surface area contributed by atoms with Gasteiger partial charge in [-0.2, -0.15) is 0 Å². The Morgan fingerprint density at radius 3 is 2.52 bits per heavy atom. The van der Waals surface area contributed by atoms with Crippen molar-refractivity contribution in [2.45, 2.75) is 46.1 Å². The number of nitrogens with zero attached hydrogens (tertiary/aromatic N) is 1. The molecule has 0 aliphatic heterocycles. The van der Waals surface area contributed by atoms with Crippen LogP contribution in [0.4, 0.5) is 0 Å². The lowest BCUT2D eigenvalue weighted by atomic mass is 10.0. The highest BCUT2D eigenvalue weighted by Gasteiger charge is 2.10. The van der Waals surface area contributed by atoms with Crippen molar-refractivity contribution >= 4 is 0 Å². The SMILES string of the molecule is CCC(N)c1ccc(Oc2cc(C)ccc2C(C)C)cn1. The van der Waals surface area contributed by atoms with Crippen molar-refractivity contribution in [1.82, 2.24) is 4.98 Å². The molecular formula is C18H24N2O. The maximum absolute atomic E-state index is 6.02. The van der Waals surface area contributed by atoms with Crippen molar-refractivity contribution in [2.24, 2.45) is 5.73 Å². The standard InChI is InChI=1S/C18H24N2O/c1-5-16(19)17-9-7-14(11-20-17)21-18-10-13(4)6-8-15(18)12(2)3/h6-12,16H,5,19H2,1-4H3. The third-order valence-electron chi connectivity index (χ3n) is 3.60. The first-order valence-corrected chi connectivity index (χ1v) is 7.51. The molecule has 0 spiro atoms. The van der Waals surface area contributed by atoms with Gasteiger partial charge in [0.25, 0.3) is 0 Å². The highest BCUT2D eigenvalue weighted by molar-refractivity contribution is 5.41. The van der Waals surface area contributed by atoms with Gasteiger partial charge in [0.2, 0.25) is 0 Å². The molecule has 21 heavy (non-hydrogen) atoms. The molecule has 0 aliphatic carbocycles. The second-order valence-corrected chi connectivity index (χ2v) is 5.73. The van der Waals surface area contributed by atoms with Crippen LogP contribution in [0.15, 0.2) is 36.5 Å². The smallest absolute Gasteiger partial charge is 0.145 e. The van der Waals surface area contributed by atoms with E-state index in [9.17, 15) is 0 Å². The van der Waals surface area contributed by atoms with Gasteiger partial charge in [-0.1, -0.05) is 32.9 Å². The molecule has 0 fully saturated rings. The molecule has 0 aliphatic rings. The fourth-order valence-electron chi connectivity index (χ4n) is 2.21. The molecule has 0 saturated carbocycles. The van der Waals surface area contributed by atoms with E-state index in [4.69, 9.17) is 10.5 Å². The fourth-order valence-corrected chi connectivity index (χ4v) is 2.21. The number of aryl methyl sites for hydroxylation is 1. The molecule has 2 rings (SSSR count). The highest BCUT2D eigenvalue weighted by atomic mass is 16.5. The summed E-state index contributed by atoms with van der Waals surface area (Å²) in [4.78, 5) is 4.39. The van der Waals surface area contributed by atoms with Gasteiger partial charge in [0, 0.05) is 6.04 Å². The van der Waals surface area contributed by atoms with Gasteiger partial charge in [-0.15, -0.1) is 0 Å². The lowest BCUT2D eigenvalue weighted by molar-refractivity contribution is 0.469. The number of hydrogen-bond donors (Lipinski definition) is 1. The third-order valence-corrected chi connectivity index (χ3v) is 3.60. The van der Waals surface area contributed by atoms with Crippen LogP contribution in [0, 0.1) is 6.92 Å². The van der Waals surface area contributed by atoms with Gasteiger partial charge in [-0.3, -0.25) is 4.98 Å². The molecule has 0 bridgehead atoms. The zero-order valence-corrected chi connectivity index (χ0v) is 13.3. The lowest BCUT2D eigenvalue weighted by Crippen LogP contribution is -2.10. The van der Waals surface area contributed by atoms with Crippen LogP contribution < -0.4 is 10.5 Å². The number of rotatable bonds is 5. The maximum Gasteiger partial charge on any atom is 0.145 e. The Labute approximate surface area is 127 Å². The number of pyridine rings is 1. The fraction of sp³-hybridized carbons (Fsp3) is 0.389. The maximum atomic E-state index is 6.02. The molecular weight excluding hydrogens is 260 g/mol. The molecule has 1 atom stereocenters. The first-order chi connectivity index (χ1) is 10.0. The van der Waals surface area contributed by atoms with E-state index in [1.165, 1.54) is 11.1 Å². The van der Waals surface area contributed by atoms with Crippen molar-refractivity contribution < 1.29 is 4.74 Å². The summed E-state index contributed by atoms with van der Waals surface area (Å²) in [6.45, 7) is 8.45. The zero-order chi connectivity index (χ0) is 15.4. The van der Waals surface area contributed by atoms with Crippen LogP contribution in [-0.2, 0) is 0 Å². The molecule has 1 heterocycles. The Morgan fingerprint density at radius 2 is 1.95 bits per heavy atom. The number of nitrogens with two attached hydrogens (primary N) is 1. The van der Waals surface area contributed by atoms with E-state index in [1.807, 2.05) is 12.1 Å². The van der Waals surface area contributed by atoms with Crippen LogP contribution >= 0.6 is 0 Å². The molecule has 0 saturated heterocycles. The molecule has 112 valence electrons. The largest absolute Gasteiger partial charge is 0.455 e. The van der Waals surface area contributed by atoms with E-state index in [1.54, 1.807) is 6.20 Å². The number of aromatic nitrogens is 1. The van der Waals surface area contributed by atoms with Crippen molar-refractivity contribution in [1.29, 1.82) is 0 Å². The summed E-state index contributed by atoms with van der Waals surface area (Å²) in [5, 5.41) is 0. The van der Waals surface area contributed by atoms with E-state index in [0.717, 1.165) is 23.6 Å². The number of hydrogen-bond acceptors (Lipinski definition) is 3.